The monoisotopic (exact) mass is 429 g/mol. The summed E-state index contributed by atoms with van der Waals surface area (Å²) in [6.07, 6.45) is 5.65. The molecule has 2 aromatic rings. The van der Waals surface area contributed by atoms with E-state index in [1.54, 1.807) is 12.1 Å². The minimum atomic E-state index is -3.73. The molecule has 0 spiro atoms. The molecule has 0 saturated heterocycles. The molecule has 1 aliphatic carbocycles. The molecule has 7 nitrogen and oxygen atoms in total. The van der Waals surface area contributed by atoms with Gasteiger partial charge in [0.2, 0.25) is 10.0 Å². The summed E-state index contributed by atoms with van der Waals surface area (Å²) in [7, 11) is -1.06. The molecule has 0 saturated carbocycles. The normalized spacial score (nSPS) is 13.3. The smallest absolute Gasteiger partial charge is 0.331 e. The van der Waals surface area contributed by atoms with Crippen LogP contribution in [-0.2, 0) is 32.4 Å². The zero-order valence-electron chi connectivity index (χ0n) is 16.8. The van der Waals surface area contributed by atoms with Gasteiger partial charge in [-0.3, -0.25) is 4.79 Å². The number of rotatable bonds is 8. The van der Waals surface area contributed by atoms with E-state index in [9.17, 15) is 18.0 Å². The van der Waals surface area contributed by atoms with Gasteiger partial charge in [-0.25, -0.2) is 17.9 Å². The van der Waals surface area contributed by atoms with E-state index in [4.69, 9.17) is 9.47 Å². The van der Waals surface area contributed by atoms with Crippen molar-refractivity contribution >= 4 is 27.9 Å². The standard InChI is InChI=1S/C22H23NO6S/c1-23-30(26,27)21-12-15(6-10-20(21)28-2)7-11-22(25)29-14-19(24)18-9-8-16-4-3-5-17(16)13-18/h6-13,23H,3-5,14H2,1-2H3/b11-7+. The fourth-order valence-electron chi connectivity index (χ4n) is 3.29. The lowest BCUT2D eigenvalue weighted by atomic mass is 10.0. The Balaban J connectivity index is 1.63. The molecule has 0 radical (unpaired) electrons. The quantitative estimate of drug-likeness (QED) is 0.393. The highest BCUT2D eigenvalue weighted by molar-refractivity contribution is 7.89. The molecule has 0 amide bonds. The first-order chi connectivity index (χ1) is 14.3. The van der Waals surface area contributed by atoms with Crippen molar-refractivity contribution in [3.8, 4) is 5.75 Å². The molecule has 0 heterocycles. The van der Waals surface area contributed by atoms with Crippen LogP contribution in [-0.4, -0.2) is 40.9 Å². The van der Waals surface area contributed by atoms with E-state index in [1.807, 2.05) is 12.1 Å². The van der Waals surface area contributed by atoms with Crippen LogP contribution in [0.4, 0.5) is 0 Å². The topological polar surface area (TPSA) is 98.8 Å². The summed E-state index contributed by atoms with van der Waals surface area (Å²) in [4.78, 5) is 24.2. The van der Waals surface area contributed by atoms with Crippen LogP contribution >= 0.6 is 0 Å². The molecule has 0 aliphatic heterocycles. The first-order valence-electron chi connectivity index (χ1n) is 9.45. The SMILES string of the molecule is CNS(=O)(=O)c1cc(/C=C/C(=O)OCC(=O)c2ccc3c(c2)CCC3)ccc1OC. The van der Waals surface area contributed by atoms with Crippen LogP contribution < -0.4 is 9.46 Å². The van der Waals surface area contributed by atoms with Crippen molar-refractivity contribution < 1.29 is 27.5 Å². The lowest BCUT2D eigenvalue weighted by Crippen LogP contribution is -2.19. The minimum Gasteiger partial charge on any atom is -0.495 e. The van der Waals surface area contributed by atoms with E-state index >= 15 is 0 Å². The average Bonchev–Trinajstić information content (AvgIpc) is 3.23. The molecule has 8 heteroatoms. The number of fused-ring (bicyclic) bond motifs is 1. The van der Waals surface area contributed by atoms with E-state index in [0.717, 1.165) is 25.3 Å². The van der Waals surface area contributed by atoms with Gasteiger partial charge >= 0.3 is 5.97 Å². The summed E-state index contributed by atoms with van der Waals surface area (Å²) < 4.78 is 36.6. The highest BCUT2D eigenvalue weighted by Gasteiger charge is 2.18. The Hall–Kier alpha value is -2.97. The molecule has 0 fully saturated rings. The van der Waals surface area contributed by atoms with Gasteiger partial charge in [0.1, 0.15) is 10.6 Å². The van der Waals surface area contributed by atoms with E-state index in [2.05, 4.69) is 4.72 Å². The molecular formula is C22H23NO6S. The van der Waals surface area contributed by atoms with Gasteiger partial charge in [-0.05, 0) is 67.3 Å². The third kappa shape index (κ3) is 4.95. The Kier molecular flexibility index (Phi) is 6.69. The van der Waals surface area contributed by atoms with E-state index in [0.29, 0.717) is 11.1 Å². The number of methoxy groups -OCH3 is 1. The number of hydrogen-bond donors (Lipinski definition) is 1. The van der Waals surface area contributed by atoms with Gasteiger partial charge in [-0.15, -0.1) is 0 Å². The molecule has 1 N–H and O–H groups in total. The van der Waals surface area contributed by atoms with Crippen LogP contribution in [0.5, 0.6) is 5.75 Å². The summed E-state index contributed by atoms with van der Waals surface area (Å²) in [6.45, 7) is -0.357. The van der Waals surface area contributed by atoms with Crippen molar-refractivity contribution in [1.82, 2.24) is 4.72 Å². The van der Waals surface area contributed by atoms with Crippen molar-refractivity contribution in [2.45, 2.75) is 24.2 Å². The largest absolute Gasteiger partial charge is 0.495 e. The maximum atomic E-state index is 12.3. The van der Waals surface area contributed by atoms with E-state index in [-0.39, 0.29) is 23.0 Å². The first kappa shape index (κ1) is 21.7. The Morgan fingerprint density at radius 2 is 1.87 bits per heavy atom. The van der Waals surface area contributed by atoms with E-state index < -0.39 is 16.0 Å². The number of benzene rings is 2. The lowest BCUT2D eigenvalue weighted by Gasteiger charge is -2.09. The molecule has 0 bridgehead atoms. The van der Waals surface area contributed by atoms with Crippen molar-refractivity contribution in [3.05, 3.63) is 64.7 Å². The highest BCUT2D eigenvalue weighted by atomic mass is 32.2. The number of hydrogen-bond acceptors (Lipinski definition) is 6. The number of carbonyl (C=O) groups is 2. The van der Waals surface area contributed by atoms with Gasteiger partial charge in [-0.2, -0.15) is 0 Å². The molecule has 0 atom stereocenters. The Labute approximate surface area is 175 Å². The predicted octanol–water partition coefficient (Wildman–Crippen LogP) is 2.53. The highest BCUT2D eigenvalue weighted by Crippen LogP contribution is 2.25. The molecule has 2 aromatic carbocycles. The van der Waals surface area contributed by atoms with Crippen molar-refractivity contribution in [3.63, 3.8) is 0 Å². The fraction of sp³-hybridized carbons (Fsp3) is 0.273. The van der Waals surface area contributed by atoms with Crippen LogP contribution in [0.1, 0.15) is 33.5 Å². The van der Waals surface area contributed by atoms with Gasteiger partial charge in [0.05, 0.1) is 7.11 Å². The second-order valence-electron chi connectivity index (χ2n) is 6.82. The third-order valence-corrected chi connectivity index (χ3v) is 6.36. The molecule has 1 aliphatic rings. The summed E-state index contributed by atoms with van der Waals surface area (Å²) >= 11 is 0. The third-order valence-electron chi connectivity index (χ3n) is 4.92. The van der Waals surface area contributed by atoms with Crippen LogP contribution in [0.15, 0.2) is 47.4 Å². The van der Waals surface area contributed by atoms with Crippen molar-refractivity contribution in [2.75, 3.05) is 20.8 Å². The first-order valence-corrected chi connectivity index (χ1v) is 10.9. The predicted molar refractivity (Wildman–Crippen MR) is 112 cm³/mol. The molecular weight excluding hydrogens is 406 g/mol. The Morgan fingerprint density at radius 3 is 2.60 bits per heavy atom. The molecule has 0 aromatic heterocycles. The fourth-order valence-corrected chi connectivity index (χ4v) is 4.22. The van der Waals surface area contributed by atoms with Crippen molar-refractivity contribution in [1.29, 1.82) is 0 Å². The number of sulfonamides is 1. The minimum absolute atomic E-state index is 0.0465. The maximum absolute atomic E-state index is 12.3. The average molecular weight is 429 g/mol. The van der Waals surface area contributed by atoms with Crippen LogP contribution in [0, 0.1) is 0 Å². The van der Waals surface area contributed by atoms with Crippen LogP contribution in [0.25, 0.3) is 6.08 Å². The lowest BCUT2D eigenvalue weighted by molar-refractivity contribution is -0.136. The molecule has 3 rings (SSSR count). The number of ether oxygens (including phenoxy) is 2. The number of Topliss-reactive ketones (excluding diaryl/α,β-unsaturated/α-hetero) is 1. The van der Waals surface area contributed by atoms with Gasteiger partial charge in [0, 0.05) is 11.6 Å². The Morgan fingerprint density at radius 1 is 1.10 bits per heavy atom. The number of ketones is 1. The van der Waals surface area contributed by atoms with Gasteiger partial charge in [0.15, 0.2) is 12.4 Å². The van der Waals surface area contributed by atoms with Crippen LogP contribution in [0.2, 0.25) is 0 Å². The zero-order chi connectivity index (χ0) is 21.7. The second kappa shape index (κ2) is 9.23. The summed E-state index contributed by atoms with van der Waals surface area (Å²) in [6, 6.07) is 10.1. The summed E-state index contributed by atoms with van der Waals surface area (Å²) in [5.74, 6) is -0.777. The van der Waals surface area contributed by atoms with Gasteiger partial charge < -0.3 is 9.47 Å². The van der Waals surface area contributed by atoms with Gasteiger partial charge in [0.25, 0.3) is 0 Å². The molecule has 30 heavy (non-hydrogen) atoms. The number of nitrogens with one attached hydrogen (secondary N) is 1. The number of carbonyl (C=O) groups excluding carboxylic acids is 2. The Bertz CT molecular complexity index is 1100. The van der Waals surface area contributed by atoms with Crippen molar-refractivity contribution in [2.24, 2.45) is 0 Å². The zero-order valence-corrected chi connectivity index (χ0v) is 17.6. The summed E-state index contributed by atoms with van der Waals surface area (Å²) in [5.41, 5.74) is 3.44. The second-order valence-corrected chi connectivity index (χ2v) is 8.67. The summed E-state index contributed by atoms with van der Waals surface area (Å²) in [5, 5.41) is 0. The van der Waals surface area contributed by atoms with Gasteiger partial charge in [-0.1, -0.05) is 18.2 Å². The number of esters is 1. The maximum Gasteiger partial charge on any atom is 0.331 e. The van der Waals surface area contributed by atoms with E-state index in [1.165, 1.54) is 43.5 Å². The molecule has 0 unspecified atom stereocenters. The van der Waals surface area contributed by atoms with Crippen LogP contribution in [0.3, 0.4) is 0 Å². The molecule has 158 valence electrons. The number of aryl methyl sites for hydroxylation is 2.